The summed E-state index contributed by atoms with van der Waals surface area (Å²) in [7, 11) is 0. The molecule has 0 unspecified atom stereocenters. The van der Waals surface area contributed by atoms with Gasteiger partial charge in [0.1, 0.15) is 11.6 Å². The summed E-state index contributed by atoms with van der Waals surface area (Å²) in [5.41, 5.74) is 1.19. The highest BCUT2D eigenvalue weighted by Crippen LogP contribution is 2.12. The predicted octanol–water partition coefficient (Wildman–Crippen LogP) is 3.00. The highest BCUT2D eigenvalue weighted by molar-refractivity contribution is 5.94. The first kappa shape index (κ1) is 21.1. The van der Waals surface area contributed by atoms with E-state index >= 15 is 0 Å². The Morgan fingerprint density at radius 2 is 1.75 bits per heavy atom. The van der Waals surface area contributed by atoms with Gasteiger partial charge < -0.3 is 14.4 Å². The third kappa shape index (κ3) is 6.50. The maximum absolute atomic E-state index is 13.3. The molecule has 0 spiro atoms. The van der Waals surface area contributed by atoms with Crippen LogP contribution in [0.3, 0.4) is 0 Å². The Labute approximate surface area is 162 Å². The fourth-order valence-electron chi connectivity index (χ4n) is 2.44. The summed E-state index contributed by atoms with van der Waals surface area (Å²) >= 11 is 0. The van der Waals surface area contributed by atoms with Crippen molar-refractivity contribution < 1.29 is 28.2 Å². The van der Waals surface area contributed by atoms with E-state index in [1.54, 1.807) is 43.3 Å². The minimum Gasteiger partial charge on any atom is -0.482 e. The number of halogens is 1. The van der Waals surface area contributed by atoms with Crippen molar-refractivity contribution in [1.82, 2.24) is 4.90 Å². The van der Waals surface area contributed by atoms with Crippen LogP contribution in [0.2, 0.25) is 0 Å². The molecule has 0 aliphatic heterocycles. The number of benzene rings is 2. The zero-order chi connectivity index (χ0) is 20.5. The van der Waals surface area contributed by atoms with Crippen LogP contribution in [0.1, 0.15) is 29.8 Å². The van der Waals surface area contributed by atoms with Gasteiger partial charge in [0.05, 0.1) is 0 Å². The molecule has 1 amide bonds. The van der Waals surface area contributed by atoms with E-state index < -0.39 is 12.6 Å². The summed E-state index contributed by atoms with van der Waals surface area (Å²) < 4.78 is 23.5. The molecule has 2 aromatic rings. The standard InChI is InChI=1S/C21H22FNO5/c1-3-23(12-16-5-4-6-18(22)11-16)20(25)13-28-21(26)14-27-19-9-7-17(8-10-19)15(2)24/h4-11H,3,12-14H2,1-2H3. The van der Waals surface area contributed by atoms with E-state index in [4.69, 9.17) is 9.47 Å². The third-order valence-corrected chi connectivity index (χ3v) is 3.97. The van der Waals surface area contributed by atoms with E-state index in [1.807, 2.05) is 0 Å². The van der Waals surface area contributed by atoms with Crippen molar-refractivity contribution in [3.63, 3.8) is 0 Å². The zero-order valence-electron chi connectivity index (χ0n) is 15.8. The third-order valence-electron chi connectivity index (χ3n) is 3.97. The van der Waals surface area contributed by atoms with Crippen molar-refractivity contribution >= 4 is 17.7 Å². The van der Waals surface area contributed by atoms with Crippen molar-refractivity contribution in [2.45, 2.75) is 20.4 Å². The van der Waals surface area contributed by atoms with Gasteiger partial charge in [0.25, 0.3) is 5.91 Å². The average Bonchev–Trinajstić information content (AvgIpc) is 2.69. The summed E-state index contributed by atoms with van der Waals surface area (Å²) in [6, 6.07) is 12.3. The van der Waals surface area contributed by atoms with E-state index in [0.29, 0.717) is 23.4 Å². The number of carbonyl (C=O) groups is 3. The molecule has 7 heteroatoms. The Hall–Kier alpha value is -3.22. The fraction of sp³-hybridized carbons (Fsp3) is 0.286. The summed E-state index contributed by atoms with van der Waals surface area (Å²) in [5.74, 6) is -1.10. The first-order valence-corrected chi connectivity index (χ1v) is 8.80. The molecular formula is C21H22FNO5. The lowest BCUT2D eigenvalue weighted by Gasteiger charge is -2.21. The highest BCUT2D eigenvalue weighted by atomic mass is 19.1. The lowest BCUT2D eigenvalue weighted by atomic mass is 10.1. The second-order valence-corrected chi connectivity index (χ2v) is 6.07. The molecule has 0 saturated carbocycles. The number of likely N-dealkylation sites (N-methyl/N-ethyl adjacent to an activating group) is 1. The first-order chi connectivity index (χ1) is 13.4. The van der Waals surface area contributed by atoms with Crippen LogP contribution in [-0.4, -0.2) is 42.3 Å². The second-order valence-electron chi connectivity index (χ2n) is 6.07. The molecule has 0 atom stereocenters. The maximum atomic E-state index is 13.3. The van der Waals surface area contributed by atoms with Gasteiger partial charge in [0, 0.05) is 18.7 Å². The first-order valence-electron chi connectivity index (χ1n) is 8.80. The van der Waals surface area contributed by atoms with Gasteiger partial charge in [0.2, 0.25) is 0 Å². The molecule has 0 aliphatic rings. The SMILES string of the molecule is CCN(Cc1cccc(F)c1)C(=O)COC(=O)COc1ccc(C(C)=O)cc1. The summed E-state index contributed by atoms with van der Waals surface area (Å²) in [4.78, 5) is 36.7. The number of nitrogens with zero attached hydrogens (tertiary/aromatic N) is 1. The van der Waals surface area contributed by atoms with Crippen molar-refractivity contribution in [1.29, 1.82) is 0 Å². The Bertz CT molecular complexity index is 835. The lowest BCUT2D eigenvalue weighted by Crippen LogP contribution is -2.34. The largest absolute Gasteiger partial charge is 0.482 e. The Kier molecular flexibility index (Phi) is 7.68. The summed E-state index contributed by atoms with van der Waals surface area (Å²) in [5, 5.41) is 0. The molecular weight excluding hydrogens is 365 g/mol. The van der Waals surface area contributed by atoms with Gasteiger partial charge in [-0.05, 0) is 55.8 Å². The van der Waals surface area contributed by atoms with Crippen molar-refractivity contribution in [2.24, 2.45) is 0 Å². The van der Waals surface area contributed by atoms with E-state index in [1.165, 1.54) is 24.0 Å². The van der Waals surface area contributed by atoms with E-state index in [2.05, 4.69) is 0 Å². The second kappa shape index (κ2) is 10.2. The van der Waals surface area contributed by atoms with Gasteiger partial charge in [-0.2, -0.15) is 0 Å². The summed E-state index contributed by atoms with van der Waals surface area (Å²) in [6.45, 7) is 3.08. The monoisotopic (exact) mass is 387 g/mol. The Balaban J connectivity index is 1.78. The molecule has 0 aromatic heterocycles. The van der Waals surface area contributed by atoms with Crippen molar-refractivity contribution in [3.05, 3.63) is 65.5 Å². The molecule has 148 valence electrons. The van der Waals surface area contributed by atoms with Crippen LogP contribution >= 0.6 is 0 Å². The maximum Gasteiger partial charge on any atom is 0.344 e. The van der Waals surface area contributed by atoms with Crippen LogP contribution in [0, 0.1) is 5.82 Å². The molecule has 0 N–H and O–H groups in total. The average molecular weight is 387 g/mol. The van der Waals surface area contributed by atoms with E-state index in [0.717, 1.165) is 0 Å². The number of ether oxygens (including phenoxy) is 2. The van der Waals surface area contributed by atoms with E-state index in [9.17, 15) is 18.8 Å². The normalized spacial score (nSPS) is 10.2. The number of Topliss-reactive ketones (excluding diaryl/α,β-unsaturated/α-hetero) is 1. The smallest absolute Gasteiger partial charge is 0.344 e. The molecule has 28 heavy (non-hydrogen) atoms. The number of esters is 1. The predicted molar refractivity (Wildman–Crippen MR) is 100 cm³/mol. The fourth-order valence-corrected chi connectivity index (χ4v) is 2.44. The quantitative estimate of drug-likeness (QED) is 0.489. The van der Waals surface area contributed by atoms with Crippen molar-refractivity contribution in [3.8, 4) is 5.75 Å². The van der Waals surface area contributed by atoms with E-state index in [-0.39, 0.29) is 30.7 Å². The van der Waals surface area contributed by atoms with Crippen LogP contribution in [-0.2, 0) is 20.9 Å². The number of hydrogen-bond acceptors (Lipinski definition) is 5. The zero-order valence-corrected chi connectivity index (χ0v) is 15.8. The number of carbonyl (C=O) groups excluding carboxylic acids is 3. The van der Waals surface area contributed by atoms with Crippen molar-refractivity contribution in [2.75, 3.05) is 19.8 Å². The molecule has 0 heterocycles. The van der Waals surface area contributed by atoms with Crippen LogP contribution < -0.4 is 4.74 Å². The van der Waals surface area contributed by atoms with Gasteiger partial charge in [-0.3, -0.25) is 9.59 Å². The van der Waals surface area contributed by atoms with Crippen LogP contribution in [0.5, 0.6) is 5.75 Å². The molecule has 2 aromatic carbocycles. The molecule has 0 fully saturated rings. The molecule has 2 rings (SSSR count). The van der Waals surface area contributed by atoms with Gasteiger partial charge >= 0.3 is 5.97 Å². The number of hydrogen-bond donors (Lipinski definition) is 0. The lowest BCUT2D eigenvalue weighted by molar-refractivity contribution is -0.153. The Morgan fingerprint density at radius 3 is 2.36 bits per heavy atom. The van der Waals surface area contributed by atoms with Gasteiger partial charge in [-0.25, -0.2) is 9.18 Å². The molecule has 6 nitrogen and oxygen atoms in total. The Morgan fingerprint density at radius 1 is 1.04 bits per heavy atom. The number of amides is 1. The van der Waals surface area contributed by atoms with Crippen LogP contribution in [0.25, 0.3) is 0 Å². The molecule has 0 aliphatic carbocycles. The van der Waals surface area contributed by atoms with Gasteiger partial charge in [-0.15, -0.1) is 0 Å². The molecule has 0 radical (unpaired) electrons. The van der Waals surface area contributed by atoms with Crippen LogP contribution in [0.15, 0.2) is 48.5 Å². The van der Waals surface area contributed by atoms with Gasteiger partial charge in [-0.1, -0.05) is 12.1 Å². The molecule has 0 saturated heterocycles. The minimum absolute atomic E-state index is 0.0665. The van der Waals surface area contributed by atoms with Gasteiger partial charge in [0.15, 0.2) is 19.0 Å². The topological polar surface area (TPSA) is 72.9 Å². The number of ketones is 1. The van der Waals surface area contributed by atoms with Crippen LogP contribution in [0.4, 0.5) is 4.39 Å². The molecule has 0 bridgehead atoms. The highest BCUT2D eigenvalue weighted by Gasteiger charge is 2.15. The number of rotatable bonds is 9. The summed E-state index contributed by atoms with van der Waals surface area (Å²) in [6.07, 6.45) is 0. The minimum atomic E-state index is -0.689.